The van der Waals surface area contributed by atoms with Gasteiger partial charge in [0.05, 0.1) is 0 Å². The lowest BCUT2D eigenvalue weighted by Gasteiger charge is -2.17. The van der Waals surface area contributed by atoms with E-state index >= 15 is 0 Å². The Hall–Kier alpha value is -3.26. The topological polar surface area (TPSA) is 31.6 Å². The monoisotopic (exact) mass is 336 g/mol. The fraction of sp³-hybridized carbons (Fsp3) is 0.0833. The Balaban J connectivity index is 1.81. The Labute approximate surface area is 152 Å². The third-order valence-electron chi connectivity index (χ3n) is 5.25. The van der Waals surface area contributed by atoms with Crippen LogP contribution in [0.3, 0.4) is 0 Å². The average Bonchev–Trinajstić information content (AvgIpc) is 3.28. The number of aromatic nitrogens is 2. The fourth-order valence-corrected chi connectivity index (χ4v) is 4.00. The zero-order valence-electron chi connectivity index (χ0n) is 14.7. The van der Waals surface area contributed by atoms with Crippen molar-refractivity contribution in [2.45, 2.75) is 12.8 Å². The van der Waals surface area contributed by atoms with Gasteiger partial charge in [0, 0.05) is 40.1 Å². The third kappa shape index (κ3) is 2.34. The molecule has 5 rings (SSSR count). The van der Waals surface area contributed by atoms with Crippen molar-refractivity contribution < 1.29 is 0 Å². The molecule has 1 atom stereocenters. The number of rotatable bonds is 3. The first-order valence-electron chi connectivity index (χ1n) is 9.00. The molecule has 0 saturated carbocycles. The third-order valence-corrected chi connectivity index (χ3v) is 5.25. The van der Waals surface area contributed by atoms with Crippen LogP contribution < -0.4 is 0 Å². The van der Waals surface area contributed by atoms with Gasteiger partial charge in [0.25, 0.3) is 0 Å². The Bertz CT molecular complexity index is 1190. The summed E-state index contributed by atoms with van der Waals surface area (Å²) in [7, 11) is 0. The lowest BCUT2D eigenvalue weighted by molar-refractivity contribution is 0.998. The van der Waals surface area contributed by atoms with E-state index in [-0.39, 0.29) is 5.92 Å². The van der Waals surface area contributed by atoms with Crippen molar-refractivity contribution in [1.29, 1.82) is 0 Å². The molecular weight excluding hydrogens is 316 g/mol. The molecule has 2 aromatic heterocycles. The van der Waals surface area contributed by atoms with Gasteiger partial charge in [0.15, 0.2) is 0 Å². The molecule has 126 valence electrons. The molecule has 0 bridgehead atoms. The largest absolute Gasteiger partial charge is 0.361 e. The number of para-hydroxylation sites is 1. The van der Waals surface area contributed by atoms with E-state index in [4.69, 9.17) is 0 Å². The van der Waals surface area contributed by atoms with Crippen molar-refractivity contribution in [2.75, 3.05) is 0 Å². The molecule has 0 aliphatic heterocycles. The van der Waals surface area contributed by atoms with Gasteiger partial charge in [0.2, 0.25) is 0 Å². The van der Waals surface area contributed by atoms with Crippen LogP contribution in [0.2, 0.25) is 0 Å². The van der Waals surface area contributed by atoms with Gasteiger partial charge in [-0.1, -0.05) is 60.2 Å². The zero-order chi connectivity index (χ0) is 17.5. The minimum atomic E-state index is 0.183. The van der Waals surface area contributed by atoms with E-state index in [2.05, 4.69) is 102 Å². The molecule has 0 amide bonds. The van der Waals surface area contributed by atoms with Crippen molar-refractivity contribution in [3.05, 3.63) is 107 Å². The highest BCUT2D eigenvalue weighted by molar-refractivity contribution is 5.89. The Kier molecular flexibility index (Phi) is 3.42. The van der Waals surface area contributed by atoms with Crippen LogP contribution >= 0.6 is 0 Å². The van der Waals surface area contributed by atoms with Crippen LogP contribution in [-0.4, -0.2) is 9.97 Å². The number of hydrogen-bond acceptors (Lipinski definition) is 0. The van der Waals surface area contributed by atoms with Crippen molar-refractivity contribution in [2.24, 2.45) is 0 Å². The molecule has 0 saturated heterocycles. The van der Waals surface area contributed by atoms with E-state index in [1.165, 1.54) is 44.1 Å². The highest BCUT2D eigenvalue weighted by Crippen LogP contribution is 2.39. The minimum Gasteiger partial charge on any atom is -0.361 e. The second-order valence-corrected chi connectivity index (χ2v) is 6.93. The van der Waals surface area contributed by atoms with E-state index in [1.54, 1.807) is 0 Å². The second kappa shape index (κ2) is 5.92. The second-order valence-electron chi connectivity index (χ2n) is 6.93. The number of aromatic amines is 2. The van der Waals surface area contributed by atoms with Crippen molar-refractivity contribution >= 4 is 21.8 Å². The molecular formula is C24H20N2. The number of fused-ring (bicyclic) bond motifs is 2. The lowest BCUT2D eigenvalue weighted by Crippen LogP contribution is -2.02. The van der Waals surface area contributed by atoms with E-state index in [0.717, 1.165) is 0 Å². The van der Waals surface area contributed by atoms with Crippen LogP contribution in [0, 0.1) is 6.92 Å². The number of hydrogen-bond donors (Lipinski definition) is 2. The van der Waals surface area contributed by atoms with Gasteiger partial charge in [-0.15, -0.1) is 0 Å². The molecule has 0 radical (unpaired) electrons. The van der Waals surface area contributed by atoms with Gasteiger partial charge in [-0.25, -0.2) is 0 Å². The molecule has 3 aromatic carbocycles. The summed E-state index contributed by atoms with van der Waals surface area (Å²) in [4.78, 5) is 6.92. The van der Waals surface area contributed by atoms with Gasteiger partial charge >= 0.3 is 0 Å². The van der Waals surface area contributed by atoms with E-state index in [0.29, 0.717) is 0 Å². The first-order valence-corrected chi connectivity index (χ1v) is 9.00. The Morgan fingerprint density at radius 2 is 1.31 bits per heavy atom. The maximum Gasteiger partial charge on any atom is 0.0457 e. The Morgan fingerprint density at radius 1 is 0.654 bits per heavy atom. The molecule has 0 aliphatic carbocycles. The normalized spacial score (nSPS) is 12.7. The first kappa shape index (κ1) is 15.0. The summed E-state index contributed by atoms with van der Waals surface area (Å²) in [5.74, 6) is 0.183. The lowest BCUT2D eigenvalue weighted by atomic mass is 9.84. The van der Waals surface area contributed by atoms with Crippen LogP contribution in [-0.2, 0) is 0 Å². The van der Waals surface area contributed by atoms with Crippen molar-refractivity contribution in [1.82, 2.24) is 9.97 Å². The molecule has 0 spiro atoms. The van der Waals surface area contributed by atoms with E-state index in [9.17, 15) is 0 Å². The SMILES string of the molecule is Cc1ccc2[nH]cc(C(c3ccccc3)c3c[nH]c4ccccc34)c2c1. The number of aryl methyl sites for hydroxylation is 1. The van der Waals surface area contributed by atoms with Gasteiger partial charge in [0.1, 0.15) is 0 Å². The standard InChI is InChI=1S/C24H20N2/c1-16-11-12-23-19(13-16)21(15-26-23)24(17-7-3-2-4-8-17)20-14-25-22-10-6-5-9-18(20)22/h2-15,24-26H,1H3. The van der Waals surface area contributed by atoms with Gasteiger partial charge in [-0.05, 0) is 41.8 Å². The summed E-state index contributed by atoms with van der Waals surface area (Å²) in [6, 6.07) is 25.9. The maximum absolute atomic E-state index is 3.47. The molecule has 2 nitrogen and oxygen atoms in total. The van der Waals surface area contributed by atoms with E-state index in [1.807, 2.05) is 0 Å². The number of benzene rings is 3. The molecule has 2 heteroatoms. The number of nitrogens with one attached hydrogen (secondary N) is 2. The smallest absolute Gasteiger partial charge is 0.0457 e. The summed E-state index contributed by atoms with van der Waals surface area (Å²) in [6.07, 6.45) is 4.33. The molecule has 26 heavy (non-hydrogen) atoms. The highest BCUT2D eigenvalue weighted by atomic mass is 14.7. The van der Waals surface area contributed by atoms with Crippen LogP contribution in [0.4, 0.5) is 0 Å². The van der Waals surface area contributed by atoms with Gasteiger partial charge in [-0.3, -0.25) is 0 Å². The number of H-pyrrole nitrogens is 2. The molecule has 0 aliphatic rings. The molecule has 5 aromatic rings. The molecule has 2 heterocycles. The van der Waals surface area contributed by atoms with Crippen LogP contribution in [0.25, 0.3) is 21.8 Å². The predicted octanol–water partition coefficient (Wildman–Crippen LogP) is 6.14. The van der Waals surface area contributed by atoms with Crippen molar-refractivity contribution in [3.8, 4) is 0 Å². The quantitative estimate of drug-likeness (QED) is 0.397. The summed E-state index contributed by atoms with van der Waals surface area (Å²) >= 11 is 0. The van der Waals surface area contributed by atoms with Crippen LogP contribution in [0.1, 0.15) is 28.2 Å². The summed E-state index contributed by atoms with van der Waals surface area (Å²) < 4.78 is 0. The van der Waals surface area contributed by atoms with Crippen LogP contribution in [0.5, 0.6) is 0 Å². The maximum atomic E-state index is 3.47. The first-order chi connectivity index (χ1) is 12.8. The van der Waals surface area contributed by atoms with E-state index < -0.39 is 0 Å². The molecule has 0 fully saturated rings. The zero-order valence-corrected chi connectivity index (χ0v) is 14.7. The predicted molar refractivity (Wildman–Crippen MR) is 109 cm³/mol. The van der Waals surface area contributed by atoms with Gasteiger partial charge < -0.3 is 9.97 Å². The fourth-order valence-electron chi connectivity index (χ4n) is 4.00. The average molecular weight is 336 g/mol. The minimum absolute atomic E-state index is 0.183. The van der Waals surface area contributed by atoms with Crippen LogP contribution in [0.15, 0.2) is 85.2 Å². The van der Waals surface area contributed by atoms with Gasteiger partial charge in [-0.2, -0.15) is 0 Å². The summed E-state index contributed by atoms with van der Waals surface area (Å²) in [5.41, 5.74) is 7.59. The summed E-state index contributed by atoms with van der Waals surface area (Å²) in [6.45, 7) is 2.15. The summed E-state index contributed by atoms with van der Waals surface area (Å²) in [5, 5.41) is 2.58. The molecule has 2 N–H and O–H groups in total. The van der Waals surface area contributed by atoms with Crippen molar-refractivity contribution in [3.63, 3.8) is 0 Å². The Morgan fingerprint density at radius 3 is 2.12 bits per heavy atom. The molecule has 1 unspecified atom stereocenters. The highest BCUT2D eigenvalue weighted by Gasteiger charge is 2.22.